The predicted molar refractivity (Wildman–Crippen MR) is 119 cm³/mol. The molecule has 0 unspecified atom stereocenters. The molecule has 1 saturated heterocycles. The Morgan fingerprint density at radius 2 is 1.44 bits per heavy atom. The van der Waals surface area contributed by atoms with Gasteiger partial charge in [-0.15, -0.1) is 0 Å². The summed E-state index contributed by atoms with van der Waals surface area (Å²) in [6, 6.07) is 8.97. The van der Waals surface area contributed by atoms with Crippen LogP contribution in [-0.2, 0) is 39.3 Å². The first-order valence-electron chi connectivity index (χ1n) is 9.46. The zero-order chi connectivity index (χ0) is 25.3. The van der Waals surface area contributed by atoms with E-state index in [-0.39, 0.29) is 16.1 Å². The van der Waals surface area contributed by atoms with Gasteiger partial charge >= 0.3 is 11.9 Å². The molecule has 1 aliphatic heterocycles. The van der Waals surface area contributed by atoms with Crippen LogP contribution in [-0.4, -0.2) is 43.7 Å². The van der Waals surface area contributed by atoms with Crippen molar-refractivity contribution in [3.8, 4) is 0 Å². The molecule has 180 valence electrons. The Bertz CT molecular complexity index is 1400. The van der Waals surface area contributed by atoms with Gasteiger partial charge in [0.2, 0.25) is 0 Å². The normalized spacial score (nSPS) is 16.2. The highest BCUT2D eigenvalue weighted by Crippen LogP contribution is 2.25. The Kier molecular flexibility index (Phi) is 6.66. The fraction of sp³-hybridized carbons (Fsp3) is 0.143. The van der Waals surface area contributed by atoms with Crippen molar-refractivity contribution in [2.75, 3.05) is 5.32 Å². The Morgan fingerprint density at radius 1 is 0.853 bits per heavy atom. The minimum absolute atomic E-state index is 0.0952. The lowest BCUT2D eigenvalue weighted by Gasteiger charge is -2.29. The van der Waals surface area contributed by atoms with Crippen molar-refractivity contribution in [2.24, 2.45) is 0 Å². The van der Waals surface area contributed by atoms with Crippen LogP contribution in [0.5, 0.6) is 0 Å². The fourth-order valence-corrected chi connectivity index (χ4v) is 4.05. The van der Waals surface area contributed by atoms with Crippen LogP contribution in [0.15, 0.2) is 64.0 Å². The van der Waals surface area contributed by atoms with Crippen LogP contribution in [0.3, 0.4) is 0 Å². The van der Waals surface area contributed by atoms with E-state index in [1.165, 1.54) is 62.4 Å². The van der Waals surface area contributed by atoms with E-state index < -0.39 is 48.4 Å². The predicted octanol–water partition coefficient (Wildman–Crippen LogP) is 2.48. The number of benzene rings is 2. The molecule has 0 aliphatic carbocycles. The van der Waals surface area contributed by atoms with E-state index in [4.69, 9.17) is 14.0 Å². The molecule has 0 radical (unpaired) electrons. The smallest absolute Gasteiger partial charge is 0.350 e. The molecule has 34 heavy (non-hydrogen) atoms. The monoisotopic (exact) mass is 509 g/mol. The largest absolute Gasteiger partial charge is 0.419 e. The van der Waals surface area contributed by atoms with Crippen LogP contribution in [0, 0.1) is 0 Å². The maximum absolute atomic E-state index is 12.0. The van der Waals surface area contributed by atoms with Gasteiger partial charge in [-0.25, -0.2) is 9.59 Å². The number of rotatable bonds is 6. The third-order valence-electron chi connectivity index (χ3n) is 4.42. The van der Waals surface area contributed by atoms with E-state index in [9.17, 15) is 31.0 Å². The maximum atomic E-state index is 12.0. The average Bonchev–Trinajstić information content (AvgIpc) is 2.70. The SMILES string of the molecule is CC1(C)OC(=O)C(=CNc2ccc(C=Cc3ccc(S(=O)(=O)O)cc3)c(S(=O)(=O)O)c2)C(=O)O1. The Morgan fingerprint density at radius 3 is 1.97 bits per heavy atom. The number of hydrogen-bond donors (Lipinski definition) is 3. The van der Waals surface area contributed by atoms with E-state index >= 15 is 0 Å². The molecule has 1 fully saturated rings. The van der Waals surface area contributed by atoms with Gasteiger partial charge in [0.25, 0.3) is 26.0 Å². The van der Waals surface area contributed by atoms with E-state index in [1.807, 2.05) is 0 Å². The zero-order valence-electron chi connectivity index (χ0n) is 17.8. The standard InChI is InChI=1S/C21H19NO10S2/c1-21(2)31-19(23)17(20(24)32-21)12-22-15-8-7-14(18(11-15)34(28,29)30)6-3-13-4-9-16(10-5-13)33(25,26)27/h3-12,22H,1-2H3,(H,25,26,27)(H,28,29,30). The summed E-state index contributed by atoms with van der Waals surface area (Å²) in [5.41, 5.74) is 0.265. The van der Waals surface area contributed by atoms with Gasteiger partial charge < -0.3 is 14.8 Å². The first kappa shape index (κ1) is 25.1. The van der Waals surface area contributed by atoms with Crippen molar-refractivity contribution in [3.05, 3.63) is 65.4 Å². The van der Waals surface area contributed by atoms with Crippen LogP contribution in [0.2, 0.25) is 0 Å². The number of hydrogen-bond acceptors (Lipinski definition) is 9. The summed E-state index contributed by atoms with van der Waals surface area (Å²) in [5, 5.41) is 2.59. The minimum Gasteiger partial charge on any atom is -0.419 e. The quantitative estimate of drug-likeness (QED) is 0.172. The number of ether oxygens (including phenoxy) is 2. The average molecular weight is 510 g/mol. The highest BCUT2D eigenvalue weighted by molar-refractivity contribution is 7.86. The summed E-state index contributed by atoms with van der Waals surface area (Å²) in [4.78, 5) is 23.2. The Labute approximate surface area is 195 Å². The third-order valence-corrected chi connectivity index (χ3v) is 6.20. The van der Waals surface area contributed by atoms with Gasteiger partial charge in [0.05, 0.1) is 4.90 Å². The first-order chi connectivity index (χ1) is 15.7. The molecule has 11 nitrogen and oxygen atoms in total. The number of carbonyl (C=O) groups is 2. The van der Waals surface area contributed by atoms with Gasteiger partial charge in [0.15, 0.2) is 5.57 Å². The van der Waals surface area contributed by atoms with Gasteiger partial charge in [-0.1, -0.05) is 30.4 Å². The number of esters is 2. The summed E-state index contributed by atoms with van der Waals surface area (Å²) in [6.45, 7) is 2.78. The second kappa shape index (κ2) is 9.02. The molecule has 2 aromatic rings. The van der Waals surface area contributed by atoms with Crippen LogP contribution >= 0.6 is 0 Å². The lowest BCUT2D eigenvalue weighted by Crippen LogP contribution is -2.42. The maximum Gasteiger partial charge on any atom is 0.350 e. The van der Waals surface area contributed by atoms with E-state index in [0.29, 0.717) is 5.56 Å². The van der Waals surface area contributed by atoms with Gasteiger partial charge in [0, 0.05) is 25.7 Å². The molecule has 0 aromatic heterocycles. The number of anilines is 1. The van der Waals surface area contributed by atoms with Crippen molar-refractivity contribution in [1.82, 2.24) is 0 Å². The summed E-state index contributed by atoms with van der Waals surface area (Å²) < 4.78 is 74.6. The van der Waals surface area contributed by atoms with Gasteiger partial charge in [-0.2, -0.15) is 16.8 Å². The highest BCUT2D eigenvalue weighted by atomic mass is 32.2. The van der Waals surface area contributed by atoms with Crippen molar-refractivity contribution in [3.63, 3.8) is 0 Å². The Balaban J connectivity index is 1.87. The molecule has 0 spiro atoms. The molecule has 3 N–H and O–H groups in total. The van der Waals surface area contributed by atoms with Crippen LogP contribution in [0.25, 0.3) is 12.2 Å². The summed E-state index contributed by atoms with van der Waals surface area (Å²) >= 11 is 0. The molecule has 0 amide bonds. The topological polar surface area (TPSA) is 173 Å². The van der Waals surface area contributed by atoms with Crippen molar-refractivity contribution >= 4 is 50.0 Å². The lowest BCUT2D eigenvalue weighted by atomic mass is 10.1. The van der Waals surface area contributed by atoms with Crippen molar-refractivity contribution in [2.45, 2.75) is 29.4 Å². The van der Waals surface area contributed by atoms with Gasteiger partial charge in [0.1, 0.15) is 4.90 Å². The van der Waals surface area contributed by atoms with E-state index in [0.717, 1.165) is 12.3 Å². The molecule has 0 bridgehead atoms. The van der Waals surface area contributed by atoms with Crippen molar-refractivity contribution < 1.29 is 45.0 Å². The molecule has 2 aromatic carbocycles. The van der Waals surface area contributed by atoms with E-state index in [2.05, 4.69) is 5.32 Å². The van der Waals surface area contributed by atoms with Crippen LogP contribution in [0.4, 0.5) is 5.69 Å². The number of nitrogens with one attached hydrogen (secondary N) is 1. The Hall–Kier alpha value is -3.52. The molecule has 1 aliphatic rings. The molecular formula is C21H19NO10S2. The number of cyclic esters (lactones) is 2. The van der Waals surface area contributed by atoms with Crippen LogP contribution in [0.1, 0.15) is 25.0 Å². The van der Waals surface area contributed by atoms with Crippen LogP contribution < -0.4 is 5.32 Å². The summed E-state index contributed by atoms with van der Waals surface area (Å²) in [7, 11) is -9.02. The van der Waals surface area contributed by atoms with E-state index in [1.54, 1.807) is 0 Å². The third kappa shape index (κ3) is 6.08. The molecule has 0 atom stereocenters. The summed E-state index contributed by atoms with van der Waals surface area (Å²) in [5.74, 6) is -3.27. The molecule has 0 saturated carbocycles. The fourth-order valence-electron chi connectivity index (χ4n) is 2.86. The molecule has 3 rings (SSSR count). The molecule has 1 heterocycles. The second-order valence-corrected chi connectivity index (χ2v) is 10.3. The zero-order valence-corrected chi connectivity index (χ0v) is 19.4. The van der Waals surface area contributed by atoms with Gasteiger partial charge in [-0.05, 0) is 35.4 Å². The van der Waals surface area contributed by atoms with Gasteiger partial charge in [-0.3, -0.25) is 9.11 Å². The van der Waals surface area contributed by atoms with Crippen molar-refractivity contribution in [1.29, 1.82) is 0 Å². The highest BCUT2D eigenvalue weighted by Gasteiger charge is 2.39. The molecule has 13 heteroatoms. The first-order valence-corrected chi connectivity index (χ1v) is 12.3. The second-order valence-electron chi connectivity index (χ2n) is 7.49. The number of carbonyl (C=O) groups excluding carboxylic acids is 2. The summed E-state index contributed by atoms with van der Waals surface area (Å²) in [6.07, 6.45) is 3.82. The molecular weight excluding hydrogens is 490 g/mol. The minimum atomic E-state index is -4.67. The lowest BCUT2D eigenvalue weighted by molar-refractivity contribution is -0.222.